The van der Waals surface area contributed by atoms with E-state index in [-0.39, 0.29) is 6.10 Å². The zero-order valence-corrected chi connectivity index (χ0v) is 11.5. The van der Waals surface area contributed by atoms with Crippen LogP contribution in [0.5, 0.6) is 0 Å². The second kappa shape index (κ2) is 6.59. The van der Waals surface area contributed by atoms with Gasteiger partial charge in [-0.3, -0.25) is 0 Å². The molecule has 0 bridgehead atoms. The number of alkyl halides is 3. The van der Waals surface area contributed by atoms with Crippen LogP contribution in [-0.4, -0.2) is 25.4 Å². The number of halogens is 3. The molecule has 0 aromatic heterocycles. The topological polar surface area (TPSA) is 21.3 Å². The van der Waals surface area contributed by atoms with E-state index in [0.29, 0.717) is 19.6 Å². The highest BCUT2D eigenvalue weighted by molar-refractivity contribution is 5.31. The van der Waals surface area contributed by atoms with Crippen molar-refractivity contribution >= 4 is 0 Å². The van der Waals surface area contributed by atoms with Crippen LogP contribution in [0.15, 0.2) is 24.3 Å². The Kier molecular flexibility index (Phi) is 5.05. The summed E-state index contributed by atoms with van der Waals surface area (Å²) in [6.45, 7) is 2.92. The van der Waals surface area contributed by atoms with Crippen LogP contribution in [0.2, 0.25) is 0 Å². The van der Waals surface area contributed by atoms with Gasteiger partial charge in [-0.1, -0.05) is 31.2 Å². The Labute approximate surface area is 117 Å². The largest absolute Gasteiger partial charge is 0.390 e. The summed E-state index contributed by atoms with van der Waals surface area (Å²) in [5.74, 6) is 0. The van der Waals surface area contributed by atoms with Crippen molar-refractivity contribution in [1.82, 2.24) is 5.32 Å². The van der Waals surface area contributed by atoms with Gasteiger partial charge in [0.15, 0.2) is 0 Å². The first-order valence-corrected chi connectivity index (χ1v) is 6.99. The van der Waals surface area contributed by atoms with Crippen molar-refractivity contribution in [2.24, 2.45) is 0 Å². The minimum Gasteiger partial charge on any atom is -0.373 e. The van der Waals surface area contributed by atoms with Gasteiger partial charge in [0, 0.05) is 6.04 Å². The van der Waals surface area contributed by atoms with Crippen LogP contribution in [0.3, 0.4) is 0 Å². The zero-order valence-electron chi connectivity index (χ0n) is 11.5. The van der Waals surface area contributed by atoms with Crippen molar-refractivity contribution in [2.75, 3.05) is 13.2 Å². The van der Waals surface area contributed by atoms with E-state index in [4.69, 9.17) is 4.74 Å². The maximum absolute atomic E-state index is 12.6. The van der Waals surface area contributed by atoms with Gasteiger partial charge in [-0.05, 0) is 30.5 Å². The molecule has 2 nitrogen and oxygen atoms in total. The lowest BCUT2D eigenvalue weighted by atomic mass is 9.92. The van der Waals surface area contributed by atoms with Crippen molar-refractivity contribution in [3.8, 4) is 0 Å². The number of benzene rings is 1. The molecule has 1 aliphatic rings. The van der Waals surface area contributed by atoms with Crippen molar-refractivity contribution in [3.05, 3.63) is 35.4 Å². The van der Waals surface area contributed by atoms with Gasteiger partial charge in [0.2, 0.25) is 0 Å². The van der Waals surface area contributed by atoms with Gasteiger partial charge in [-0.2, -0.15) is 13.2 Å². The van der Waals surface area contributed by atoms with Crippen LogP contribution in [0.25, 0.3) is 0 Å². The SMILES string of the molecule is CCNC(CC1OCCc2ccccc21)CC(F)(F)F. The van der Waals surface area contributed by atoms with Gasteiger partial charge in [-0.25, -0.2) is 0 Å². The van der Waals surface area contributed by atoms with Crippen LogP contribution in [-0.2, 0) is 11.2 Å². The van der Waals surface area contributed by atoms with Crippen LogP contribution >= 0.6 is 0 Å². The number of hydrogen-bond acceptors (Lipinski definition) is 2. The molecule has 0 saturated heterocycles. The minimum absolute atomic E-state index is 0.244. The average Bonchev–Trinajstić information content (AvgIpc) is 2.37. The minimum atomic E-state index is -4.15. The van der Waals surface area contributed by atoms with Gasteiger partial charge in [0.05, 0.1) is 19.1 Å². The summed E-state index contributed by atoms with van der Waals surface area (Å²) in [6, 6.07) is 7.24. The maximum atomic E-state index is 12.6. The second-order valence-corrected chi connectivity index (χ2v) is 5.12. The van der Waals surface area contributed by atoms with Gasteiger partial charge in [0.25, 0.3) is 0 Å². The van der Waals surface area contributed by atoms with Gasteiger partial charge in [0.1, 0.15) is 0 Å². The summed E-state index contributed by atoms with van der Waals surface area (Å²) in [4.78, 5) is 0. The van der Waals surface area contributed by atoms with E-state index in [2.05, 4.69) is 5.32 Å². The lowest BCUT2D eigenvalue weighted by molar-refractivity contribution is -0.142. The predicted molar refractivity (Wildman–Crippen MR) is 71.6 cm³/mol. The number of rotatable bonds is 5. The van der Waals surface area contributed by atoms with E-state index in [0.717, 1.165) is 12.0 Å². The van der Waals surface area contributed by atoms with Gasteiger partial charge >= 0.3 is 6.18 Å². The monoisotopic (exact) mass is 287 g/mol. The Bertz CT molecular complexity index is 433. The number of fused-ring (bicyclic) bond motifs is 1. The van der Waals surface area contributed by atoms with Crippen molar-refractivity contribution < 1.29 is 17.9 Å². The molecule has 1 aliphatic heterocycles. The number of ether oxygens (including phenoxy) is 1. The molecule has 0 spiro atoms. The molecule has 0 radical (unpaired) electrons. The molecule has 1 N–H and O–H groups in total. The summed E-state index contributed by atoms with van der Waals surface area (Å²) < 4.78 is 43.5. The summed E-state index contributed by atoms with van der Waals surface area (Å²) in [6.07, 6.45) is -4.03. The molecule has 1 aromatic carbocycles. The Hall–Kier alpha value is -1.07. The highest BCUT2D eigenvalue weighted by Gasteiger charge is 2.34. The lowest BCUT2D eigenvalue weighted by Crippen LogP contribution is -2.36. The lowest BCUT2D eigenvalue weighted by Gasteiger charge is -2.30. The molecular weight excluding hydrogens is 267 g/mol. The molecule has 2 unspecified atom stereocenters. The van der Waals surface area contributed by atoms with Crippen molar-refractivity contribution in [2.45, 2.75) is 44.5 Å². The van der Waals surface area contributed by atoms with E-state index in [1.165, 1.54) is 5.56 Å². The van der Waals surface area contributed by atoms with E-state index < -0.39 is 18.6 Å². The standard InChI is InChI=1S/C15H20F3NO/c1-2-19-12(10-15(16,17)18)9-14-13-6-4-3-5-11(13)7-8-20-14/h3-6,12,14,19H,2,7-10H2,1H3. The molecule has 20 heavy (non-hydrogen) atoms. The smallest absolute Gasteiger partial charge is 0.373 e. The zero-order chi connectivity index (χ0) is 14.6. The third-order valence-electron chi connectivity index (χ3n) is 3.56. The Balaban J connectivity index is 2.07. The molecular formula is C15H20F3NO. The normalized spacial score (nSPS) is 20.5. The van der Waals surface area contributed by atoms with E-state index in [9.17, 15) is 13.2 Å². The van der Waals surface area contributed by atoms with Crippen LogP contribution in [0.4, 0.5) is 13.2 Å². The van der Waals surface area contributed by atoms with Crippen LogP contribution in [0.1, 0.15) is 37.0 Å². The quantitative estimate of drug-likeness (QED) is 0.893. The molecule has 2 atom stereocenters. The third kappa shape index (κ3) is 4.21. The molecule has 0 aliphatic carbocycles. The number of hydrogen-bond donors (Lipinski definition) is 1. The van der Waals surface area contributed by atoms with Crippen molar-refractivity contribution in [3.63, 3.8) is 0 Å². The first kappa shape index (κ1) is 15.3. The highest BCUT2D eigenvalue weighted by atomic mass is 19.4. The molecule has 0 fully saturated rings. The Morgan fingerprint density at radius 1 is 1.35 bits per heavy atom. The molecule has 1 aromatic rings. The van der Waals surface area contributed by atoms with Crippen LogP contribution in [0, 0.1) is 0 Å². The summed E-state index contributed by atoms with van der Waals surface area (Å²) >= 11 is 0. The van der Waals surface area contributed by atoms with E-state index in [1.807, 2.05) is 31.2 Å². The molecule has 5 heteroatoms. The summed E-state index contributed by atoms with van der Waals surface area (Å²) in [7, 11) is 0. The predicted octanol–water partition coefficient (Wildman–Crippen LogP) is 3.62. The first-order chi connectivity index (χ1) is 9.49. The Morgan fingerprint density at radius 3 is 2.80 bits per heavy atom. The fourth-order valence-corrected chi connectivity index (χ4v) is 2.74. The highest BCUT2D eigenvalue weighted by Crippen LogP contribution is 2.33. The number of nitrogens with one attached hydrogen (secondary N) is 1. The molecule has 2 rings (SSSR count). The fourth-order valence-electron chi connectivity index (χ4n) is 2.74. The van der Waals surface area contributed by atoms with Gasteiger partial charge in [-0.15, -0.1) is 0 Å². The maximum Gasteiger partial charge on any atom is 0.390 e. The van der Waals surface area contributed by atoms with Crippen molar-refractivity contribution in [1.29, 1.82) is 0 Å². The molecule has 0 saturated carbocycles. The summed E-state index contributed by atoms with van der Waals surface area (Å²) in [5.41, 5.74) is 2.22. The second-order valence-electron chi connectivity index (χ2n) is 5.12. The van der Waals surface area contributed by atoms with E-state index >= 15 is 0 Å². The molecule has 1 heterocycles. The van der Waals surface area contributed by atoms with E-state index in [1.54, 1.807) is 0 Å². The Morgan fingerprint density at radius 2 is 2.10 bits per heavy atom. The fraction of sp³-hybridized carbons (Fsp3) is 0.600. The van der Waals surface area contributed by atoms with Crippen LogP contribution < -0.4 is 5.32 Å². The average molecular weight is 287 g/mol. The molecule has 112 valence electrons. The molecule has 0 amide bonds. The summed E-state index contributed by atoms with van der Waals surface area (Å²) in [5, 5.41) is 2.92. The van der Waals surface area contributed by atoms with Gasteiger partial charge < -0.3 is 10.1 Å². The first-order valence-electron chi connectivity index (χ1n) is 6.99. The third-order valence-corrected chi connectivity index (χ3v) is 3.56.